The molecule has 0 radical (unpaired) electrons. The summed E-state index contributed by atoms with van der Waals surface area (Å²) in [6.07, 6.45) is 10.2. The van der Waals surface area contributed by atoms with Crippen LogP contribution in [0.1, 0.15) is 44.6 Å². The Bertz CT molecular complexity index is 358. The Kier molecular flexibility index (Phi) is 4.81. The predicted octanol–water partition coefficient (Wildman–Crippen LogP) is 3.62. The van der Waals surface area contributed by atoms with Crippen LogP contribution in [0.5, 0.6) is 0 Å². The quantitative estimate of drug-likeness (QED) is 0.781. The SMILES string of the molecule is CCC1CCC(N(C)c2ncc(CCl)cn2)CC1. The lowest BCUT2D eigenvalue weighted by atomic mass is 9.84. The standard InChI is InChI=1S/C14H22ClN3/c1-3-11-4-6-13(7-5-11)18(2)14-16-9-12(8-15)10-17-14/h9-11,13H,3-8H2,1-2H3. The zero-order valence-corrected chi connectivity index (χ0v) is 12.0. The van der Waals surface area contributed by atoms with Gasteiger partial charge >= 0.3 is 0 Å². The zero-order chi connectivity index (χ0) is 13.0. The highest BCUT2D eigenvalue weighted by Crippen LogP contribution is 2.30. The summed E-state index contributed by atoms with van der Waals surface area (Å²) in [6.45, 7) is 2.29. The smallest absolute Gasteiger partial charge is 0.225 e. The van der Waals surface area contributed by atoms with Gasteiger partial charge in [0.2, 0.25) is 5.95 Å². The third kappa shape index (κ3) is 3.14. The Balaban J connectivity index is 1.96. The molecule has 0 spiro atoms. The monoisotopic (exact) mass is 267 g/mol. The van der Waals surface area contributed by atoms with Crippen LogP contribution in [0.15, 0.2) is 12.4 Å². The minimum Gasteiger partial charge on any atom is -0.341 e. The van der Waals surface area contributed by atoms with E-state index in [1.165, 1.54) is 32.1 Å². The van der Waals surface area contributed by atoms with Crippen molar-refractivity contribution in [2.45, 2.75) is 50.9 Å². The van der Waals surface area contributed by atoms with Crippen LogP contribution in [0, 0.1) is 5.92 Å². The lowest BCUT2D eigenvalue weighted by molar-refractivity contribution is 0.312. The highest BCUT2D eigenvalue weighted by Gasteiger charge is 2.24. The van der Waals surface area contributed by atoms with Gasteiger partial charge in [0.05, 0.1) is 5.88 Å². The number of hydrogen-bond acceptors (Lipinski definition) is 3. The summed E-state index contributed by atoms with van der Waals surface area (Å²) >= 11 is 5.75. The lowest BCUT2D eigenvalue weighted by Gasteiger charge is -2.34. The minimum absolute atomic E-state index is 0.478. The summed E-state index contributed by atoms with van der Waals surface area (Å²) in [4.78, 5) is 11.0. The third-order valence-corrected chi connectivity index (χ3v) is 4.41. The van der Waals surface area contributed by atoms with Crippen LogP contribution in [0.3, 0.4) is 0 Å². The molecule has 0 bridgehead atoms. The van der Waals surface area contributed by atoms with E-state index in [4.69, 9.17) is 11.6 Å². The summed E-state index contributed by atoms with van der Waals surface area (Å²) in [5, 5.41) is 0. The number of aromatic nitrogens is 2. The highest BCUT2D eigenvalue weighted by molar-refractivity contribution is 6.17. The Labute approximate surface area is 115 Å². The maximum atomic E-state index is 5.75. The van der Waals surface area contributed by atoms with E-state index >= 15 is 0 Å². The van der Waals surface area contributed by atoms with Gasteiger partial charge in [-0.05, 0) is 31.6 Å². The molecule has 0 unspecified atom stereocenters. The number of alkyl halides is 1. The van der Waals surface area contributed by atoms with E-state index in [1.54, 1.807) is 0 Å². The number of rotatable bonds is 4. The Morgan fingerprint density at radius 2 is 1.83 bits per heavy atom. The van der Waals surface area contributed by atoms with Crippen LogP contribution in [-0.2, 0) is 5.88 Å². The third-order valence-electron chi connectivity index (χ3n) is 4.10. The molecule has 0 aliphatic heterocycles. The van der Waals surface area contributed by atoms with Crippen LogP contribution in [0.25, 0.3) is 0 Å². The number of hydrogen-bond donors (Lipinski definition) is 0. The van der Waals surface area contributed by atoms with Crippen molar-refractivity contribution >= 4 is 17.5 Å². The molecule has 18 heavy (non-hydrogen) atoms. The van der Waals surface area contributed by atoms with Crippen molar-refractivity contribution in [2.75, 3.05) is 11.9 Å². The Morgan fingerprint density at radius 1 is 1.22 bits per heavy atom. The Hall–Kier alpha value is -0.830. The molecule has 2 rings (SSSR count). The van der Waals surface area contributed by atoms with Gasteiger partial charge in [0.25, 0.3) is 0 Å². The zero-order valence-electron chi connectivity index (χ0n) is 11.3. The largest absolute Gasteiger partial charge is 0.341 e. The van der Waals surface area contributed by atoms with Crippen molar-refractivity contribution in [1.29, 1.82) is 0 Å². The van der Waals surface area contributed by atoms with Gasteiger partial charge in [-0.25, -0.2) is 9.97 Å². The van der Waals surface area contributed by atoms with E-state index in [0.717, 1.165) is 17.4 Å². The summed E-state index contributed by atoms with van der Waals surface area (Å²) in [5.74, 6) is 2.23. The molecule has 1 heterocycles. The molecule has 0 saturated heterocycles. The van der Waals surface area contributed by atoms with Crippen molar-refractivity contribution < 1.29 is 0 Å². The molecule has 3 nitrogen and oxygen atoms in total. The van der Waals surface area contributed by atoms with E-state index in [0.29, 0.717) is 11.9 Å². The fraction of sp³-hybridized carbons (Fsp3) is 0.714. The highest BCUT2D eigenvalue weighted by atomic mass is 35.5. The van der Waals surface area contributed by atoms with E-state index in [-0.39, 0.29) is 0 Å². The fourth-order valence-corrected chi connectivity index (χ4v) is 2.84. The van der Waals surface area contributed by atoms with Crippen molar-refractivity contribution in [1.82, 2.24) is 9.97 Å². The van der Waals surface area contributed by atoms with Gasteiger partial charge in [0, 0.05) is 31.0 Å². The first-order valence-corrected chi connectivity index (χ1v) is 7.37. The first-order valence-electron chi connectivity index (χ1n) is 6.84. The first-order chi connectivity index (χ1) is 8.74. The molecule has 1 aliphatic rings. The van der Waals surface area contributed by atoms with Crippen LogP contribution < -0.4 is 4.90 Å². The second-order valence-electron chi connectivity index (χ2n) is 5.22. The van der Waals surface area contributed by atoms with Crippen molar-refractivity contribution in [3.8, 4) is 0 Å². The molecule has 1 aliphatic carbocycles. The molecular weight excluding hydrogens is 246 g/mol. The molecule has 0 atom stereocenters. The van der Waals surface area contributed by atoms with Gasteiger partial charge in [-0.1, -0.05) is 13.3 Å². The second kappa shape index (κ2) is 6.37. The molecule has 4 heteroatoms. The average Bonchev–Trinajstić information content (AvgIpc) is 2.47. The number of nitrogens with zero attached hydrogens (tertiary/aromatic N) is 3. The number of halogens is 1. The van der Waals surface area contributed by atoms with E-state index in [9.17, 15) is 0 Å². The van der Waals surface area contributed by atoms with Crippen LogP contribution in [0.2, 0.25) is 0 Å². The molecule has 1 fully saturated rings. The lowest BCUT2D eigenvalue weighted by Crippen LogP contribution is -2.36. The van der Waals surface area contributed by atoms with Crippen molar-refractivity contribution in [3.63, 3.8) is 0 Å². The van der Waals surface area contributed by atoms with Gasteiger partial charge in [-0.15, -0.1) is 11.6 Å². The molecule has 0 N–H and O–H groups in total. The van der Waals surface area contributed by atoms with E-state index < -0.39 is 0 Å². The molecule has 1 saturated carbocycles. The molecule has 100 valence electrons. The molecule has 1 aromatic heterocycles. The summed E-state index contributed by atoms with van der Waals surface area (Å²) in [6, 6.07) is 0.592. The summed E-state index contributed by atoms with van der Waals surface area (Å²) in [7, 11) is 2.10. The molecule has 1 aromatic rings. The van der Waals surface area contributed by atoms with Crippen LogP contribution in [0.4, 0.5) is 5.95 Å². The second-order valence-corrected chi connectivity index (χ2v) is 5.49. The maximum Gasteiger partial charge on any atom is 0.225 e. The number of anilines is 1. The fourth-order valence-electron chi connectivity index (χ4n) is 2.70. The molecular formula is C14H22ClN3. The van der Waals surface area contributed by atoms with Gasteiger partial charge in [0.1, 0.15) is 0 Å². The average molecular weight is 268 g/mol. The minimum atomic E-state index is 0.478. The van der Waals surface area contributed by atoms with Gasteiger partial charge in [0.15, 0.2) is 0 Å². The molecule has 0 aromatic carbocycles. The van der Waals surface area contributed by atoms with E-state index in [2.05, 4.69) is 28.8 Å². The van der Waals surface area contributed by atoms with Crippen LogP contribution >= 0.6 is 11.6 Å². The van der Waals surface area contributed by atoms with Crippen molar-refractivity contribution in [2.24, 2.45) is 5.92 Å². The summed E-state index contributed by atoms with van der Waals surface area (Å²) in [5.41, 5.74) is 0.975. The van der Waals surface area contributed by atoms with E-state index in [1.807, 2.05) is 12.4 Å². The van der Waals surface area contributed by atoms with Gasteiger partial charge < -0.3 is 4.90 Å². The Morgan fingerprint density at radius 3 is 2.33 bits per heavy atom. The maximum absolute atomic E-state index is 5.75. The predicted molar refractivity (Wildman–Crippen MR) is 76.0 cm³/mol. The first kappa shape index (κ1) is 13.6. The van der Waals surface area contributed by atoms with Crippen molar-refractivity contribution in [3.05, 3.63) is 18.0 Å². The van der Waals surface area contributed by atoms with Crippen LogP contribution in [-0.4, -0.2) is 23.1 Å². The normalized spacial score (nSPS) is 23.9. The van der Waals surface area contributed by atoms with Gasteiger partial charge in [-0.2, -0.15) is 0 Å². The molecule has 0 amide bonds. The van der Waals surface area contributed by atoms with Gasteiger partial charge in [-0.3, -0.25) is 0 Å². The topological polar surface area (TPSA) is 29.0 Å². The summed E-state index contributed by atoms with van der Waals surface area (Å²) < 4.78 is 0.